The van der Waals surface area contributed by atoms with Crippen molar-refractivity contribution in [3.8, 4) is 11.5 Å². The van der Waals surface area contributed by atoms with E-state index in [1.54, 1.807) is 17.0 Å². The van der Waals surface area contributed by atoms with E-state index in [-0.39, 0.29) is 22.1 Å². The summed E-state index contributed by atoms with van der Waals surface area (Å²) in [7, 11) is 0. The average molecular weight is 438 g/mol. The van der Waals surface area contributed by atoms with E-state index in [0.717, 1.165) is 23.7 Å². The topological polar surface area (TPSA) is 77.7 Å². The molecule has 1 aromatic carbocycles. The maximum absolute atomic E-state index is 14.0. The summed E-state index contributed by atoms with van der Waals surface area (Å²) in [6.07, 6.45) is 1.38. The molecule has 1 aromatic heterocycles. The van der Waals surface area contributed by atoms with Crippen LogP contribution in [0.5, 0.6) is 11.5 Å². The van der Waals surface area contributed by atoms with Crippen LogP contribution in [0.15, 0.2) is 28.9 Å². The quantitative estimate of drug-likeness (QED) is 0.739. The molecule has 0 aliphatic carbocycles. The van der Waals surface area contributed by atoms with Gasteiger partial charge in [-0.25, -0.2) is 14.2 Å². The van der Waals surface area contributed by atoms with E-state index in [4.69, 9.17) is 15.2 Å². The SMILES string of the molecule is CC(C)(C)OC(=O)N1CCc2ccc(Oc3c(F)cnc(N)c3Br)cc2C1. The number of nitrogens with zero attached hydrogens (tertiary/aromatic N) is 2. The number of amides is 1. The number of fused-ring (bicyclic) bond motifs is 1. The van der Waals surface area contributed by atoms with Gasteiger partial charge in [0.25, 0.3) is 0 Å². The zero-order valence-electron chi connectivity index (χ0n) is 15.4. The van der Waals surface area contributed by atoms with Crippen LogP contribution in [0.4, 0.5) is 15.0 Å². The molecule has 144 valence electrons. The van der Waals surface area contributed by atoms with Gasteiger partial charge < -0.3 is 20.1 Å². The summed E-state index contributed by atoms with van der Waals surface area (Å²) in [6, 6.07) is 5.49. The lowest BCUT2D eigenvalue weighted by Gasteiger charge is -2.31. The Kier molecular flexibility index (Phi) is 5.28. The molecule has 0 spiro atoms. The molecule has 27 heavy (non-hydrogen) atoms. The summed E-state index contributed by atoms with van der Waals surface area (Å²) < 4.78 is 25.4. The second-order valence-corrected chi connectivity index (χ2v) is 8.11. The number of ether oxygens (including phenoxy) is 2. The Morgan fingerprint density at radius 2 is 2.07 bits per heavy atom. The Hall–Kier alpha value is -2.35. The summed E-state index contributed by atoms with van der Waals surface area (Å²) in [5, 5.41) is 0. The fraction of sp³-hybridized carbons (Fsp3) is 0.368. The first kappa shape index (κ1) is 19.4. The Morgan fingerprint density at radius 3 is 2.78 bits per heavy atom. The van der Waals surface area contributed by atoms with E-state index in [1.165, 1.54) is 0 Å². The maximum Gasteiger partial charge on any atom is 0.410 e. The number of nitrogens with two attached hydrogens (primary N) is 1. The number of benzene rings is 1. The number of halogens is 2. The monoisotopic (exact) mass is 437 g/mol. The Labute approximate surface area is 165 Å². The lowest BCUT2D eigenvalue weighted by atomic mass is 10.00. The highest BCUT2D eigenvalue weighted by atomic mass is 79.9. The molecule has 0 fully saturated rings. The maximum atomic E-state index is 14.0. The lowest BCUT2D eigenvalue weighted by molar-refractivity contribution is 0.0224. The van der Waals surface area contributed by atoms with E-state index in [1.807, 2.05) is 26.8 Å². The van der Waals surface area contributed by atoms with Crippen LogP contribution in [0.25, 0.3) is 0 Å². The van der Waals surface area contributed by atoms with Crippen molar-refractivity contribution in [2.45, 2.75) is 39.3 Å². The van der Waals surface area contributed by atoms with E-state index in [2.05, 4.69) is 20.9 Å². The van der Waals surface area contributed by atoms with Crippen LogP contribution in [-0.4, -0.2) is 28.1 Å². The number of hydrogen-bond donors (Lipinski definition) is 1. The zero-order valence-corrected chi connectivity index (χ0v) is 17.0. The summed E-state index contributed by atoms with van der Waals surface area (Å²) in [5.74, 6) is -0.0584. The van der Waals surface area contributed by atoms with Crippen LogP contribution >= 0.6 is 15.9 Å². The summed E-state index contributed by atoms with van der Waals surface area (Å²) in [4.78, 5) is 17.7. The molecule has 2 N–H and O–H groups in total. The van der Waals surface area contributed by atoms with Crippen LogP contribution in [0, 0.1) is 5.82 Å². The van der Waals surface area contributed by atoms with Crippen molar-refractivity contribution in [2.75, 3.05) is 12.3 Å². The van der Waals surface area contributed by atoms with Crippen molar-refractivity contribution in [1.29, 1.82) is 0 Å². The fourth-order valence-corrected chi connectivity index (χ4v) is 3.13. The van der Waals surface area contributed by atoms with Gasteiger partial charge in [-0.3, -0.25) is 0 Å². The number of carbonyl (C=O) groups is 1. The van der Waals surface area contributed by atoms with E-state index >= 15 is 0 Å². The molecule has 1 aliphatic rings. The van der Waals surface area contributed by atoms with Crippen molar-refractivity contribution < 1.29 is 18.7 Å². The van der Waals surface area contributed by atoms with Gasteiger partial charge in [-0.15, -0.1) is 0 Å². The summed E-state index contributed by atoms with van der Waals surface area (Å²) >= 11 is 3.20. The van der Waals surface area contributed by atoms with Crippen molar-refractivity contribution in [3.63, 3.8) is 0 Å². The van der Waals surface area contributed by atoms with Gasteiger partial charge in [-0.05, 0) is 66.4 Å². The van der Waals surface area contributed by atoms with Gasteiger partial charge in [0.2, 0.25) is 0 Å². The Morgan fingerprint density at radius 1 is 1.33 bits per heavy atom. The molecule has 0 radical (unpaired) electrons. The minimum Gasteiger partial charge on any atom is -0.453 e. The number of aromatic nitrogens is 1. The average Bonchev–Trinajstić information content (AvgIpc) is 2.60. The number of pyridine rings is 1. The van der Waals surface area contributed by atoms with Crippen LogP contribution in [-0.2, 0) is 17.7 Å². The van der Waals surface area contributed by atoms with Crippen molar-refractivity contribution in [3.05, 3.63) is 45.8 Å². The molecule has 1 aliphatic heterocycles. The summed E-state index contributed by atoms with van der Waals surface area (Å²) in [6.45, 7) is 6.50. The molecule has 2 aromatic rings. The molecular weight excluding hydrogens is 417 g/mol. The molecule has 0 atom stereocenters. The van der Waals surface area contributed by atoms with Crippen LogP contribution in [0.3, 0.4) is 0 Å². The molecule has 0 saturated carbocycles. The Bertz CT molecular complexity index is 883. The lowest BCUT2D eigenvalue weighted by Crippen LogP contribution is -2.39. The molecule has 6 nitrogen and oxygen atoms in total. The van der Waals surface area contributed by atoms with E-state index in [0.29, 0.717) is 18.8 Å². The standard InChI is InChI=1S/C19H21BrFN3O3/c1-19(2,3)27-18(25)24-7-6-11-4-5-13(8-12(11)10-24)26-16-14(21)9-23-17(22)15(16)20/h4-5,8-9H,6-7,10H2,1-3H3,(H2,22,23). The number of hydrogen-bond acceptors (Lipinski definition) is 5. The smallest absolute Gasteiger partial charge is 0.410 e. The minimum atomic E-state index is -0.621. The van der Waals surface area contributed by atoms with E-state index < -0.39 is 11.4 Å². The largest absolute Gasteiger partial charge is 0.453 e. The first-order valence-electron chi connectivity index (χ1n) is 8.51. The highest BCUT2D eigenvalue weighted by molar-refractivity contribution is 9.10. The van der Waals surface area contributed by atoms with Gasteiger partial charge in [0.15, 0.2) is 11.6 Å². The second-order valence-electron chi connectivity index (χ2n) is 7.32. The predicted molar refractivity (Wildman–Crippen MR) is 103 cm³/mol. The number of carbonyl (C=O) groups excluding carboxylic acids is 1. The van der Waals surface area contributed by atoms with Gasteiger partial charge in [0.1, 0.15) is 21.6 Å². The Balaban J connectivity index is 1.81. The third-order valence-corrected chi connectivity index (χ3v) is 4.79. The molecular formula is C19H21BrFN3O3. The minimum absolute atomic E-state index is 0.0257. The van der Waals surface area contributed by atoms with Crippen molar-refractivity contribution in [2.24, 2.45) is 0 Å². The fourth-order valence-electron chi connectivity index (χ4n) is 2.75. The number of anilines is 1. The van der Waals surface area contributed by atoms with Crippen molar-refractivity contribution in [1.82, 2.24) is 9.88 Å². The normalized spacial score (nSPS) is 13.9. The highest BCUT2D eigenvalue weighted by Crippen LogP contribution is 2.36. The molecule has 1 amide bonds. The summed E-state index contributed by atoms with van der Waals surface area (Å²) in [5.41, 5.74) is 7.20. The van der Waals surface area contributed by atoms with Gasteiger partial charge in [-0.2, -0.15) is 0 Å². The first-order valence-corrected chi connectivity index (χ1v) is 9.30. The van der Waals surface area contributed by atoms with Gasteiger partial charge >= 0.3 is 6.09 Å². The van der Waals surface area contributed by atoms with Crippen LogP contribution < -0.4 is 10.5 Å². The second kappa shape index (κ2) is 7.34. The number of nitrogen functional groups attached to an aromatic ring is 1. The van der Waals surface area contributed by atoms with Gasteiger partial charge in [-0.1, -0.05) is 6.07 Å². The molecule has 8 heteroatoms. The predicted octanol–water partition coefficient (Wildman–Crippen LogP) is 4.65. The third kappa shape index (κ3) is 4.50. The van der Waals surface area contributed by atoms with Crippen LogP contribution in [0.2, 0.25) is 0 Å². The number of rotatable bonds is 2. The highest BCUT2D eigenvalue weighted by Gasteiger charge is 2.26. The third-order valence-electron chi connectivity index (χ3n) is 4.02. The first-order chi connectivity index (χ1) is 12.6. The molecule has 0 saturated heterocycles. The molecule has 0 unspecified atom stereocenters. The van der Waals surface area contributed by atoms with Gasteiger partial charge in [0.05, 0.1) is 6.20 Å². The molecule has 0 bridgehead atoms. The molecule has 2 heterocycles. The molecule has 3 rings (SSSR count). The van der Waals surface area contributed by atoms with E-state index in [9.17, 15) is 9.18 Å². The van der Waals surface area contributed by atoms with Gasteiger partial charge in [0, 0.05) is 13.1 Å². The zero-order chi connectivity index (χ0) is 19.8. The van der Waals surface area contributed by atoms with Crippen LogP contribution in [0.1, 0.15) is 31.9 Å². The van der Waals surface area contributed by atoms with Crippen molar-refractivity contribution >= 4 is 27.8 Å².